The fourth-order valence-corrected chi connectivity index (χ4v) is 6.39. The Kier molecular flexibility index (Phi) is 6.90. The second-order valence-electron chi connectivity index (χ2n) is 8.19. The van der Waals surface area contributed by atoms with E-state index in [9.17, 15) is 13.2 Å². The molecule has 1 amide bonds. The molecule has 1 heterocycles. The topological polar surface area (TPSA) is 57.7 Å². The highest BCUT2D eigenvalue weighted by Gasteiger charge is 2.34. The van der Waals surface area contributed by atoms with Crippen LogP contribution in [0, 0.1) is 26.7 Å². The summed E-state index contributed by atoms with van der Waals surface area (Å²) in [6.07, 6.45) is 1.05. The zero-order chi connectivity index (χ0) is 22.1. The second kappa shape index (κ2) is 9.08. The standard InChI is InChI=1S/C23H29ClN2O3S/c1-16-13-17(2)22(18(3)14-16)30(28,29)26-11-9-19(10-12-26)23(27)25(4)15-20-7-5-6-8-21(20)24/h5-8,13-14,19H,9-12,15H2,1-4H3. The van der Waals surface area contributed by atoms with Crippen molar-refractivity contribution in [2.75, 3.05) is 20.1 Å². The summed E-state index contributed by atoms with van der Waals surface area (Å²) < 4.78 is 28.0. The quantitative estimate of drug-likeness (QED) is 0.684. The molecule has 0 atom stereocenters. The summed E-state index contributed by atoms with van der Waals surface area (Å²) in [4.78, 5) is 15.0. The van der Waals surface area contributed by atoms with Gasteiger partial charge in [0.2, 0.25) is 15.9 Å². The van der Waals surface area contributed by atoms with Crippen LogP contribution in [0.4, 0.5) is 0 Å². The zero-order valence-corrected chi connectivity index (χ0v) is 19.6. The number of halogens is 1. The lowest BCUT2D eigenvalue weighted by atomic mass is 9.96. The van der Waals surface area contributed by atoms with E-state index in [4.69, 9.17) is 11.6 Å². The van der Waals surface area contributed by atoms with Crippen molar-refractivity contribution in [3.8, 4) is 0 Å². The van der Waals surface area contributed by atoms with Crippen LogP contribution in [0.1, 0.15) is 35.1 Å². The number of hydrogen-bond donors (Lipinski definition) is 0. The van der Waals surface area contributed by atoms with Crippen LogP contribution in [0.25, 0.3) is 0 Å². The molecule has 0 saturated carbocycles. The molecule has 1 fully saturated rings. The summed E-state index contributed by atoms with van der Waals surface area (Å²) in [6.45, 7) is 6.79. The maximum Gasteiger partial charge on any atom is 0.243 e. The van der Waals surface area contributed by atoms with E-state index in [2.05, 4.69) is 0 Å². The fraction of sp³-hybridized carbons (Fsp3) is 0.435. The summed E-state index contributed by atoms with van der Waals surface area (Å²) in [7, 11) is -1.80. The van der Waals surface area contributed by atoms with E-state index in [-0.39, 0.29) is 11.8 Å². The van der Waals surface area contributed by atoms with Crippen molar-refractivity contribution in [2.45, 2.75) is 45.1 Å². The van der Waals surface area contributed by atoms with Crippen molar-refractivity contribution in [1.29, 1.82) is 0 Å². The maximum atomic E-state index is 13.2. The number of hydrogen-bond acceptors (Lipinski definition) is 3. The molecule has 0 unspecified atom stereocenters. The van der Waals surface area contributed by atoms with Crippen molar-refractivity contribution in [3.05, 3.63) is 63.7 Å². The third kappa shape index (κ3) is 4.71. The minimum absolute atomic E-state index is 0.0367. The molecule has 0 N–H and O–H groups in total. The third-order valence-electron chi connectivity index (χ3n) is 5.75. The molecule has 7 heteroatoms. The molecule has 0 aliphatic carbocycles. The number of piperidine rings is 1. The predicted molar refractivity (Wildman–Crippen MR) is 120 cm³/mol. The fourth-order valence-electron chi connectivity index (χ4n) is 4.32. The Bertz CT molecular complexity index is 1020. The van der Waals surface area contributed by atoms with E-state index in [0.717, 1.165) is 22.3 Å². The minimum atomic E-state index is -3.57. The van der Waals surface area contributed by atoms with Crippen LogP contribution in [0.5, 0.6) is 0 Å². The summed E-state index contributed by atoms with van der Waals surface area (Å²) in [5, 5.41) is 0.641. The van der Waals surface area contributed by atoms with Gasteiger partial charge in [0.05, 0.1) is 4.90 Å². The monoisotopic (exact) mass is 448 g/mol. The average Bonchev–Trinajstić information content (AvgIpc) is 2.68. The molecule has 0 bridgehead atoms. The average molecular weight is 449 g/mol. The SMILES string of the molecule is Cc1cc(C)c(S(=O)(=O)N2CCC(C(=O)N(C)Cc3ccccc3Cl)CC2)c(C)c1. The molecule has 2 aromatic rings. The number of carbonyl (C=O) groups is 1. The number of benzene rings is 2. The Labute approximate surface area is 184 Å². The van der Waals surface area contributed by atoms with E-state index in [1.165, 1.54) is 4.31 Å². The van der Waals surface area contributed by atoms with Crippen molar-refractivity contribution < 1.29 is 13.2 Å². The van der Waals surface area contributed by atoms with Crippen LogP contribution >= 0.6 is 11.6 Å². The van der Waals surface area contributed by atoms with Crippen LogP contribution < -0.4 is 0 Å². The molecule has 0 aromatic heterocycles. The Morgan fingerprint density at radius 1 is 1.10 bits per heavy atom. The van der Waals surface area contributed by atoms with Gasteiger partial charge in [-0.25, -0.2) is 8.42 Å². The van der Waals surface area contributed by atoms with Crippen LogP contribution in [-0.4, -0.2) is 43.7 Å². The molecular weight excluding hydrogens is 420 g/mol. The van der Waals surface area contributed by atoms with Gasteiger partial charge in [0.25, 0.3) is 0 Å². The van der Waals surface area contributed by atoms with Crippen molar-refractivity contribution in [3.63, 3.8) is 0 Å². The molecule has 5 nitrogen and oxygen atoms in total. The number of nitrogens with zero attached hydrogens (tertiary/aromatic N) is 2. The third-order valence-corrected chi connectivity index (χ3v) is 8.32. The Balaban J connectivity index is 1.67. The molecule has 2 aromatic carbocycles. The van der Waals surface area contributed by atoms with Gasteiger partial charge in [0.1, 0.15) is 0 Å². The molecule has 0 radical (unpaired) electrons. The van der Waals surface area contributed by atoms with Gasteiger partial charge in [0.15, 0.2) is 0 Å². The van der Waals surface area contributed by atoms with Gasteiger partial charge in [-0.15, -0.1) is 0 Å². The predicted octanol–water partition coefficient (Wildman–Crippen LogP) is 4.32. The molecule has 1 aliphatic heterocycles. The highest BCUT2D eigenvalue weighted by Crippen LogP contribution is 2.29. The first-order valence-electron chi connectivity index (χ1n) is 10.2. The number of rotatable bonds is 5. The zero-order valence-electron chi connectivity index (χ0n) is 18.0. The van der Waals surface area contributed by atoms with Crippen LogP contribution in [0.3, 0.4) is 0 Å². The summed E-state index contributed by atoms with van der Waals surface area (Å²) >= 11 is 6.21. The van der Waals surface area contributed by atoms with Gasteiger partial charge >= 0.3 is 0 Å². The number of amides is 1. The number of aryl methyl sites for hydroxylation is 3. The number of carbonyl (C=O) groups excluding carboxylic acids is 1. The molecule has 1 saturated heterocycles. The van der Waals surface area contributed by atoms with E-state index in [0.29, 0.717) is 42.4 Å². The first-order chi connectivity index (χ1) is 14.1. The first kappa shape index (κ1) is 22.8. The Morgan fingerprint density at radius 2 is 1.67 bits per heavy atom. The lowest BCUT2D eigenvalue weighted by Crippen LogP contribution is -2.43. The maximum absolute atomic E-state index is 13.2. The van der Waals surface area contributed by atoms with Gasteiger partial charge < -0.3 is 4.90 Å². The summed E-state index contributed by atoms with van der Waals surface area (Å²) in [5.41, 5.74) is 3.49. The van der Waals surface area contributed by atoms with Crippen molar-refractivity contribution >= 4 is 27.5 Å². The van der Waals surface area contributed by atoms with Crippen LogP contribution in [0.15, 0.2) is 41.3 Å². The summed E-state index contributed by atoms with van der Waals surface area (Å²) in [6, 6.07) is 11.3. The molecule has 30 heavy (non-hydrogen) atoms. The molecule has 162 valence electrons. The van der Waals surface area contributed by atoms with Crippen molar-refractivity contribution in [1.82, 2.24) is 9.21 Å². The smallest absolute Gasteiger partial charge is 0.243 e. The van der Waals surface area contributed by atoms with E-state index in [1.54, 1.807) is 11.9 Å². The van der Waals surface area contributed by atoms with Crippen LogP contribution in [0.2, 0.25) is 5.02 Å². The van der Waals surface area contributed by atoms with E-state index >= 15 is 0 Å². The molecule has 3 rings (SSSR count). The largest absolute Gasteiger partial charge is 0.341 e. The molecule has 0 spiro atoms. The van der Waals surface area contributed by atoms with Gasteiger partial charge in [-0.3, -0.25) is 4.79 Å². The normalized spacial score (nSPS) is 15.9. The van der Waals surface area contributed by atoms with Gasteiger partial charge in [-0.05, 0) is 56.4 Å². The van der Waals surface area contributed by atoms with Gasteiger partial charge in [0, 0.05) is 37.6 Å². The molecular formula is C23H29ClN2O3S. The van der Waals surface area contributed by atoms with Gasteiger partial charge in [-0.1, -0.05) is 47.5 Å². The molecule has 1 aliphatic rings. The van der Waals surface area contributed by atoms with Gasteiger partial charge in [-0.2, -0.15) is 4.31 Å². The highest BCUT2D eigenvalue weighted by molar-refractivity contribution is 7.89. The summed E-state index contributed by atoms with van der Waals surface area (Å²) in [5.74, 6) is -0.140. The van der Waals surface area contributed by atoms with Crippen molar-refractivity contribution in [2.24, 2.45) is 5.92 Å². The highest BCUT2D eigenvalue weighted by atomic mass is 35.5. The Hall–Kier alpha value is -1.89. The Morgan fingerprint density at radius 3 is 2.23 bits per heavy atom. The van der Waals surface area contributed by atoms with Crippen LogP contribution in [-0.2, 0) is 21.4 Å². The lowest BCUT2D eigenvalue weighted by molar-refractivity contribution is -0.135. The van der Waals surface area contributed by atoms with E-state index in [1.807, 2.05) is 57.2 Å². The lowest BCUT2D eigenvalue weighted by Gasteiger charge is -2.33. The first-order valence-corrected chi connectivity index (χ1v) is 12.0. The second-order valence-corrected chi connectivity index (χ2v) is 10.5. The van der Waals surface area contributed by atoms with E-state index < -0.39 is 10.0 Å². The minimum Gasteiger partial charge on any atom is -0.341 e. The number of sulfonamides is 1.